The average molecular weight is 425 g/mol. The number of carbonyl (C=O) groups is 1. The van der Waals surface area contributed by atoms with E-state index in [1.54, 1.807) is 48.0 Å². The summed E-state index contributed by atoms with van der Waals surface area (Å²) in [7, 11) is -1.76. The van der Waals surface area contributed by atoms with Gasteiger partial charge in [0.1, 0.15) is 0 Å². The lowest BCUT2D eigenvalue weighted by Crippen LogP contribution is -2.23. The van der Waals surface area contributed by atoms with Gasteiger partial charge in [0.05, 0.1) is 16.8 Å². The zero-order valence-electron chi connectivity index (χ0n) is 16.9. The summed E-state index contributed by atoms with van der Waals surface area (Å²) >= 11 is 0. The number of para-hydroxylation sites is 1. The maximum Gasteiger partial charge on any atom is 0.246 e. The summed E-state index contributed by atoms with van der Waals surface area (Å²) in [5.74, 6) is -0.160. The Morgan fingerprint density at radius 2 is 1.83 bits per heavy atom. The second-order valence-electron chi connectivity index (χ2n) is 6.73. The molecular formula is C22H24N4O3S. The van der Waals surface area contributed by atoms with Crippen LogP contribution in [0.25, 0.3) is 11.8 Å². The van der Waals surface area contributed by atoms with E-state index in [-0.39, 0.29) is 10.8 Å². The zero-order chi connectivity index (χ0) is 21.6. The van der Waals surface area contributed by atoms with E-state index in [1.807, 2.05) is 36.5 Å². The number of nitrogens with zero attached hydrogens (tertiary/aromatic N) is 3. The normalized spacial score (nSPS) is 11.7. The van der Waals surface area contributed by atoms with Gasteiger partial charge in [-0.15, -0.1) is 0 Å². The molecule has 0 radical (unpaired) electrons. The lowest BCUT2D eigenvalue weighted by atomic mass is 10.2. The van der Waals surface area contributed by atoms with E-state index in [0.717, 1.165) is 16.8 Å². The van der Waals surface area contributed by atoms with Crippen molar-refractivity contribution in [1.82, 2.24) is 19.4 Å². The van der Waals surface area contributed by atoms with Crippen molar-refractivity contribution >= 4 is 22.0 Å². The number of rotatable bonds is 8. The van der Waals surface area contributed by atoms with Gasteiger partial charge in [-0.05, 0) is 35.9 Å². The Morgan fingerprint density at radius 1 is 1.13 bits per heavy atom. The highest BCUT2D eigenvalue weighted by atomic mass is 32.2. The molecule has 3 rings (SSSR count). The molecule has 156 valence electrons. The summed E-state index contributed by atoms with van der Waals surface area (Å²) in [5.41, 5.74) is 2.61. The molecule has 1 aromatic heterocycles. The van der Waals surface area contributed by atoms with Crippen LogP contribution in [0.1, 0.15) is 18.1 Å². The number of amides is 1. The standard InChI is InChI=1S/C22H24N4O3S/c1-3-24-30(28,29)21-12-9-18(10-13-21)11-14-22(27)25(2)16-19-15-23-26(17-19)20-7-5-4-6-8-20/h4-15,17,24H,3,16H2,1-2H3/b14-11+. The molecule has 1 N–H and O–H groups in total. The lowest BCUT2D eigenvalue weighted by Gasteiger charge is -2.13. The maximum absolute atomic E-state index is 12.4. The number of aromatic nitrogens is 2. The van der Waals surface area contributed by atoms with Crippen LogP contribution in [0.3, 0.4) is 0 Å². The number of likely N-dealkylation sites (N-methyl/N-ethyl adjacent to an activating group) is 1. The molecule has 0 spiro atoms. The molecule has 0 saturated heterocycles. The highest BCUT2D eigenvalue weighted by Crippen LogP contribution is 2.12. The van der Waals surface area contributed by atoms with Crippen molar-refractivity contribution in [3.63, 3.8) is 0 Å². The van der Waals surface area contributed by atoms with Gasteiger partial charge in [0.25, 0.3) is 0 Å². The summed E-state index contributed by atoms with van der Waals surface area (Å²) in [5, 5.41) is 4.34. The van der Waals surface area contributed by atoms with Gasteiger partial charge in [0.2, 0.25) is 15.9 Å². The van der Waals surface area contributed by atoms with Crippen LogP contribution in [0, 0.1) is 0 Å². The highest BCUT2D eigenvalue weighted by Gasteiger charge is 2.12. The first kappa shape index (κ1) is 21.5. The van der Waals surface area contributed by atoms with Gasteiger partial charge in [0.15, 0.2) is 0 Å². The first-order valence-electron chi connectivity index (χ1n) is 9.51. The van der Waals surface area contributed by atoms with Crippen LogP contribution in [0.2, 0.25) is 0 Å². The van der Waals surface area contributed by atoms with Crippen LogP contribution < -0.4 is 4.72 Å². The lowest BCUT2D eigenvalue weighted by molar-refractivity contribution is -0.125. The van der Waals surface area contributed by atoms with Crippen molar-refractivity contribution in [2.75, 3.05) is 13.6 Å². The van der Waals surface area contributed by atoms with Gasteiger partial charge in [-0.2, -0.15) is 5.10 Å². The number of hydrogen-bond acceptors (Lipinski definition) is 4. The van der Waals surface area contributed by atoms with Crippen LogP contribution in [0.15, 0.2) is 78.0 Å². The van der Waals surface area contributed by atoms with Gasteiger partial charge in [-0.3, -0.25) is 4.79 Å². The van der Waals surface area contributed by atoms with Crippen molar-refractivity contribution in [3.8, 4) is 5.69 Å². The third kappa shape index (κ3) is 5.43. The van der Waals surface area contributed by atoms with Crippen molar-refractivity contribution in [2.45, 2.75) is 18.4 Å². The predicted octanol–water partition coefficient (Wildman–Crippen LogP) is 2.84. The van der Waals surface area contributed by atoms with Crippen molar-refractivity contribution in [3.05, 3.63) is 84.2 Å². The fourth-order valence-electron chi connectivity index (χ4n) is 2.84. The molecule has 0 bridgehead atoms. The second-order valence-corrected chi connectivity index (χ2v) is 8.49. The number of hydrogen-bond donors (Lipinski definition) is 1. The minimum Gasteiger partial charge on any atom is -0.338 e. The fraction of sp³-hybridized carbons (Fsp3) is 0.182. The molecule has 0 aliphatic rings. The van der Waals surface area contributed by atoms with Crippen molar-refractivity contribution in [1.29, 1.82) is 0 Å². The van der Waals surface area contributed by atoms with E-state index in [1.165, 1.54) is 18.2 Å². The molecule has 3 aromatic rings. The minimum atomic E-state index is -3.48. The second kappa shape index (κ2) is 9.51. The Kier molecular flexibility index (Phi) is 6.81. The van der Waals surface area contributed by atoms with Gasteiger partial charge in [-0.25, -0.2) is 17.8 Å². The van der Waals surface area contributed by atoms with Crippen molar-refractivity contribution < 1.29 is 13.2 Å². The van der Waals surface area contributed by atoms with Gasteiger partial charge >= 0.3 is 0 Å². The van der Waals surface area contributed by atoms with E-state index in [9.17, 15) is 13.2 Å². The van der Waals surface area contributed by atoms with Crippen LogP contribution in [0.5, 0.6) is 0 Å². The van der Waals surface area contributed by atoms with Gasteiger partial charge in [0, 0.05) is 38.0 Å². The number of carbonyl (C=O) groups excluding carboxylic acids is 1. The van der Waals surface area contributed by atoms with Crippen LogP contribution in [-0.4, -0.2) is 42.6 Å². The molecule has 0 unspecified atom stereocenters. The molecule has 0 fully saturated rings. The molecule has 1 amide bonds. The van der Waals surface area contributed by atoms with Crippen molar-refractivity contribution in [2.24, 2.45) is 0 Å². The Hall–Kier alpha value is -3.23. The Labute approximate surface area is 176 Å². The first-order chi connectivity index (χ1) is 14.4. The summed E-state index contributed by atoms with van der Waals surface area (Å²) in [4.78, 5) is 14.2. The number of sulfonamides is 1. The van der Waals surface area contributed by atoms with E-state index >= 15 is 0 Å². The monoisotopic (exact) mass is 424 g/mol. The smallest absolute Gasteiger partial charge is 0.246 e. The Bertz CT molecular complexity index is 1120. The van der Waals surface area contributed by atoms with Gasteiger partial charge in [-0.1, -0.05) is 37.3 Å². The Morgan fingerprint density at radius 3 is 2.50 bits per heavy atom. The summed E-state index contributed by atoms with van der Waals surface area (Å²) in [6.45, 7) is 2.48. The summed E-state index contributed by atoms with van der Waals surface area (Å²) in [6.07, 6.45) is 6.77. The largest absolute Gasteiger partial charge is 0.338 e. The highest BCUT2D eigenvalue weighted by molar-refractivity contribution is 7.89. The molecule has 0 atom stereocenters. The number of benzene rings is 2. The summed E-state index contributed by atoms with van der Waals surface area (Å²) in [6, 6.07) is 16.1. The molecule has 30 heavy (non-hydrogen) atoms. The third-order valence-electron chi connectivity index (χ3n) is 4.40. The molecule has 7 nitrogen and oxygen atoms in total. The van der Waals surface area contributed by atoms with E-state index in [4.69, 9.17) is 0 Å². The molecule has 1 heterocycles. The quantitative estimate of drug-likeness (QED) is 0.564. The summed E-state index contributed by atoms with van der Waals surface area (Å²) < 4.78 is 28.2. The fourth-order valence-corrected chi connectivity index (χ4v) is 3.88. The minimum absolute atomic E-state index is 0.160. The first-order valence-corrected chi connectivity index (χ1v) is 11.0. The van der Waals surface area contributed by atoms with Crippen LogP contribution >= 0.6 is 0 Å². The predicted molar refractivity (Wildman–Crippen MR) is 116 cm³/mol. The average Bonchev–Trinajstić information content (AvgIpc) is 3.21. The molecule has 0 aliphatic carbocycles. The Balaban J connectivity index is 1.60. The number of nitrogens with one attached hydrogen (secondary N) is 1. The molecule has 2 aromatic carbocycles. The topological polar surface area (TPSA) is 84.3 Å². The van der Waals surface area contributed by atoms with E-state index in [2.05, 4.69) is 9.82 Å². The molecular weight excluding hydrogens is 400 g/mol. The van der Waals surface area contributed by atoms with E-state index < -0.39 is 10.0 Å². The molecule has 0 saturated carbocycles. The zero-order valence-corrected chi connectivity index (χ0v) is 17.7. The van der Waals surface area contributed by atoms with Crippen LogP contribution in [-0.2, 0) is 21.4 Å². The molecule has 8 heteroatoms. The SMILES string of the molecule is CCNS(=O)(=O)c1ccc(/C=C/C(=O)N(C)Cc2cnn(-c3ccccc3)c2)cc1. The maximum atomic E-state index is 12.4. The van der Waals surface area contributed by atoms with E-state index in [0.29, 0.717) is 13.1 Å². The molecule has 0 aliphatic heterocycles. The van der Waals surface area contributed by atoms with Crippen LogP contribution in [0.4, 0.5) is 0 Å². The van der Waals surface area contributed by atoms with Gasteiger partial charge < -0.3 is 4.90 Å². The third-order valence-corrected chi connectivity index (χ3v) is 5.96.